The molecule has 0 atom stereocenters. The third-order valence-corrected chi connectivity index (χ3v) is 4.21. The molecule has 4 nitrogen and oxygen atoms in total. The second-order valence-corrected chi connectivity index (χ2v) is 6.82. The minimum Gasteiger partial charge on any atom is -0.298 e. The van der Waals surface area contributed by atoms with E-state index in [9.17, 15) is 9.59 Å². The molecule has 0 saturated carbocycles. The number of fused-ring (bicyclic) bond motifs is 1. The van der Waals surface area contributed by atoms with E-state index in [1.54, 1.807) is 9.13 Å². The molecule has 2 rings (SSSR count). The van der Waals surface area contributed by atoms with Crippen molar-refractivity contribution in [1.82, 2.24) is 9.13 Å². The molecule has 0 aliphatic heterocycles. The van der Waals surface area contributed by atoms with Crippen LogP contribution in [0.15, 0.2) is 45.0 Å². The van der Waals surface area contributed by atoms with Crippen LogP contribution in [0.25, 0.3) is 11.0 Å². The van der Waals surface area contributed by atoms with Crippen molar-refractivity contribution in [2.45, 2.75) is 54.6 Å². The molecule has 1 aromatic heterocycles. The fraction of sp³-hybridized carbons (Fsp3) is 0.400. The summed E-state index contributed by atoms with van der Waals surface area (Å²) < 4.78 is 3.16. The molecule has 1 aromatic carbocycles. The van der Waals surface area contributed by atoms with Crippen molar-refractivity contribution in [2.75, 3.05) is 0 Å². The second-order valence-electron chi connectivity index (χ2n) is 6.82. The highest BCUT2D eigenvalue weighted by Crippen LogP contribution is 2.18. The summed E-state index contributed by atoms with van der Waals surface area (Å²) in [5.74, 6) is 0. The number of allylic oxidation sites excluding steroid dienone is 4. The molecule has 0 aliphatic carbocycles. The molecule has 0 amide bonds. The summed E-state index contributed by atoms with van der Waals surface area (Å²) in [7, 11) is 0. The molecule has 0 bridgehead atoms. The van der Waals surface area contributed by atoms with Crippen molar-refractivity contribution in [2.24, 2.45) is 0 Å². The van der Waals surface area contributed by atoms with Crippen molar-refractivity contribution >= 4 is 11.0 Å². The van der Waals surface area contributed by atoms with Gasteiger partial charge in [-0.1, -0.05) is 23.3 Å². The SMILES string of the molecule is CC(C)=CCn1c(=O)c(=O)n(CC=C(C)C)c2cc(C)c(C)cc21. The fourth-order valence-electron chi connectivity index (χ4n) is 2.58. The molecule has 24 heavy (non-hydrogen) atoms. The van der Waals surface area contributed by atoms with Crippen molar-refractivity contribution in [3.63, 3.8) is 0 Å². The van der Waals surface area contributed by atoms with E-state index < -0.39 is 11.1 Å². The number of benzene rings is 1. The third kappa shape index (κ3) is 3.58. The van der Waals surface area contributed by atoms with Gasteiger partial charge in [-0.25, -0.2) is 0 Å². The Labute approximate surface area is 142 Å². The average molecular weight is 326 g/mol. The topological polar surface area (TPSA) is 44.0 Å². The van der Waals surface area contributed by atoms with Gasteiger partial charge in [0.15, 0.2) is 0 Å². The molecule has 1 heterocycles. The molecule has 0 N–H and O–H groups in total. The summed E-state index contributed by atoms with van der Waals surface area (Å²) in [4.78, 5) is 25.3. The number of hydrogen-bond donors (Lipinski definition) is 0. The predicted octanol–water partition coefficient (Wildman–Crippen LogP) is 3.71. The third-order valence-electron chi connectivity index (χ3n) is 4.21. The van der Waals surface area contributed by atoms with Gasteiger partial charge in [0.25, 0.3) is 0 Å². The van der Waals surface area contributed by atoms with Gasteiger partial charge in [-0.3, -0.25) is 18.7 Å². The maximum absolute atomic E-state index is 12.6. The Bertz CT molecular complexity index is 870. The van der Waals surface area contributed by atoms with Crippen LogP contribution in [0.4, 0.5) is 0 Å². The minimum atomic E-state index is -0.467. The van der Waals surface area contributed by atoms with Crippen LogP contribution in [0.3, 0.4) is 0 Å². The maximum Gasteiger partial charge on any atom is 0.317 e. The zero-order chi connectivity index (χ0) is 18.0. The van der Waals surface area contributed by atoms with Crippen molar-refractivity contribution < 1.29 is 0 Å². The molecule has 0 saturated heterocycles. The Morgan fingerprint density at radius 3 is 1.42 bits per heavy atom. The van der Waals surface area contributed by atoms with Crippen molar-refractivity contribution in [3.05, 3.63) is 67.3 Å². The van der Waals surface area contributed by atoms with Crippen LogP contribution in [0.1, 0.15) is 38.8 Å². The van der Waals surface area contributed by atoms with Crippen LogP contribution in [0.2, 0.25) is 0 Å². The summed E-state index contributed by atoms with van der Waals surface area (Å²) in [6, 6.07) is 4.01. The van der Waals surface area contributed by atoms with Crippen LogP contribution in [-0.2, 0) is 13.1 Å². The van der Waals surface area contributed by atoms with Crippen molar-refractivity contribution in [3.8, 4) is 0 Å². The Balaban J connectivity index is 2.88. The highest BCUT2D eigenvalue weighted by atomic mass is 16.2. The number of hydrogen-bond acceptors (Lipinski definition) is 2. The van der Waals surface area contributed by atoms with Gasteiger partial charge in [-0.2, -0.15) is 0 Å². The van der Waals surface area contributed by atoms with E-state index in [2.05, 4.69) is 0 Å². The van der Waals surface area contributed by atoms with Crippen LogP contribution >= 0.6 is 0 Å². The molecular weight excluding hydrogens is 300 g/mol. The molecule has 4 heteroatoms. The van der Waals surface area contributed by atoms with Gasteiger partial charge in [0.2, 0.25) is 0 Å². The lowest BCUT2D eigenvalue weighted by Crippen LogP contribution is -2.41. The molecule has 0 radical (unpaired) electrons. The zero-order valence-corrected chi connectivity index (χ0v) is 15.4. The van der Waals surface area contributed by atoms with Crippen LogP contribution in [0.5, 0.6) is 0 Å². The van der Waals surface area contributed by atoms with Gasteiger partial charge in [0.05, 0.1) is 11.0 Å². The molecule has 0 aliphatic rings. The van der Waals surface area contributed by atoms with Crippen LogP contribution in [0, 0.1) is 13.8 Å². The first kappa shape index (κ1) is 18.0. The quantitative estimate of drug-likeness (QED) is 0.635. The molecular formula is C20H26N2O2. The van der Waals surface area contributed by atoms with Gasteiger partial charge < -0.3 is 0 Å². The minimum absolute atomic E-state index is 0.416. The second kappa shape index (κ2) is 7.04. The van der Waals surface area contributed by atoms with Gasteiger partial charge in [0, 0.05) is 13.1 Å². The number of aryl methyl sites for hydroxylation is 2. The first-order valence-electron chi connectivity index (χ1n) is 8.23. The van der Waals surface area contributed by atoms with E-state index in [0.29, 0.717) is 13.1 Å². The Morgan fingerprint density at radius 1 is 0.792 bits per heavy atom. The van der Waals surface area contributed by atoms with E-state index in [-0.39, 0.29) is 0 Å². The maximum atomic E-state index is 12.6. The fourth-order valence-corrected chi connectivity index (χ4v) is 2.58. The molecule has 0 fully saturated rings. The summed E-state index contributed by atoms with van der Waals surface area (Å²) >= 11 is 0. The van der Waals surface area contributed by atoms with Gasteiger partial charge >= 0.3 is 11.1 Å². The smallest absolute Gasteiger partial charge is 0.298 e. The average Bonchev–Trinajstić information content (AvgIpc) is 2.49. The van der Waals surface area contributed by atoms with E-state index in [4.69, 9.17) is 0 Å². The van der Waals surface area contributed by atoms with E-state index in [1.165, 1.54) is 0 Å². The van der Waals surface area contributed by atoms with E-state index in [0.717, 1.165) is 33.3 Å². The van der Waals surface area contributed by atoms with Crippen molar-refractivity contribution in [1.29, 1.82) is 0 Å². The number of rotatable bonds is 4. The lowest BCUT2D eigenvalue weighted by molar-refractivity contribution is 0.723. The molecule has 128 valence electrons. The highest BCUT2D eigenvalue weighted by molar-refractivity contribution is 5.77. The first-order chi connectivity index (χ1) is 11.2. The molecule has 0 unspecified atom stereocenters. The highest BCUT2D eigenvalue weighted by Gasteiger charge is 2.13. The monoisotopic (exact) mass is 326 g/mol. The summed E-state index contributed by atoms with van der Waals surface area (Å²) in [5, 5.41) is 0. The lowest BCUT2D eigenvalue weighted by Gasteiger charge is -2.15. The van der Waals surface area contributed by atoms with Crippen LogP contribution in [-0.4, -0.2) is 9.13 Å². The summed E-state index contributed by atoms with van der Waals surface area (Å²) in [5.41, 5.74) is 5.14. The Morgan fingerprint density at radius 2 is 1.12 bits per heavy atom. The van der Waals surface area contributed by atoms with Gasteiger partial charge in [0.1, 0.15) is 0 Å². The largest absolute Gasteiger partial charge is 0.317 e. The van der Waals surface area contributed by atoms with E-state index in [1.807, 2.05) is 65.8 Å². The van der Waals surface area contributed by atoms with Crippen LogP contribution < -0.4 is 11.1 Å². The number of aromatic nitrogens is 2. The zero-order valence-electron chi connectivity index (χ0n) is 15.4. The van der Waals surface area contributed by atoms with E-state index >= 15 is 0 Å². The normalized spacial score (nSPS) is 10.8. The molecule has 2 aromatic rings. The number of nitrogens with zero attached hydrogens (tertiary/aromatic N) is 2. The Hall–Kier alpha value is -2.36. The Kier molecular flexibility index (Phi) is 5.27. The summed E-state index contributed by atoms with van der Waals surface area (Å²) in [6.07, 6.45) is 3.94. The summed E-state index contributed by atoms with van der Waals surface area (Å²) in [6.45, 7) is 12.8. The van der Waals surface area contributed by atoms with Gasteiger partial charge in [-0.15, -0.1) is 0 Å². The predicted molar refractivity (Wildman–Crippen MR) is 101 cm³/mol. The first-order valence-corrected chi connectivity index (χ1v) is 8.23. The van der Waals surface area contributed by atoms with Gasteiger partial charge in [-0.05, 0) is 64.8 Å². The lowest BCUT2D eigenvalue weighted by atomic mass is 10.1. The molecule has 0 spiro atoms. The standard InChI is InChI=1S/C20H26N2O2/c1-13(2)7-9-21-17-11-15(5)16(6)12-18(17)22(10-8-14(3)4)20(24)19(21)23/h7-8,11-12H,9-10H2,1-6H3.